The van der Waals surface area contributed by atoms with Gasteiger partial charge in [0.1, 0.15) is 18.8 Å². The third-order valence-electron chi connectivity index (χ3n) is 6.95. The Bertz CT molecular complexity index is 1160. The zero-order chi connectivity index (χ0) is 29.6. The number of hydrogen-bond acceptors (Lipinski definition) is 8. The van der Waals surface area contributed by atoms with Gasteiger partial charge in [-0.1, -0.05) is 31.0 Å². The predicted molar refractivity (Wildman–Crippen MR) is 154 cm³/mol. The molecule has 1 aliphatic rings. The Morgan fingerprint density at radius 3 is 2.54 bits per heavy atom. The lowest BCUT2D eigenvalue weighted by Crippen LogP contribution is -2.37. The van der Waals surface area contributed by atoms with E-state index in [1.165, 1.54) is 6.07 Å². The standard InChI is InChI=1S/C30H42N4O7/c31-28(38)19-33-20-29(39)34(30(33)40)25-10-7-9-22(16-25)8-3-6-15-41-14-5-2-1-4-13-32-18-27(37)23-11-12-26(36)24(17-23)21-35/h7,9-12,16-17,27,32,35-37H,1-6,8,13-15,18-21H2,(H2,31,38)/t27-/m1/s1. The summed E-state index contributed by atoms with van der Waals surface area (Å²) in [6.45, 7) is 1.91. The van der Waals surface area contributed by atoms with E-state index < -0.39 is 18.0 Å². The van der Waals surface area contributed by atoms with E-state index >= 15 is 0 Å². The number of imide groups is 1. The second kappa shape index (κ2) is 16.7. The topological polar surface area (TPSA) is 166 Å². The highest BCUT2D eigenvalue weighted by Gasteiger charge is 2.37. The molecule has 1 fully saturated rings. The monoisotopic (exact) mass is 570 g/mol. The fourth-order valence-corrected chi connectivity index (χ4v) is 4.71. The van der Waals surface area contributed by atoms with E-state index in [2.05, 4.69) is 5.32 Å². The normalized spacial score (nSPS) is 14.2. The lowest BCUT2D eigenvalue weighted by Gasteiger charge is -2.16. The molecule has 0 unspecified atom stereocenters. The van der Waals surface area contributed by atoms with Crippen molar-refractivity contribution in [2.75, 3.05) is 44.3 Å². The molecule has 1 aliphatic heterocycles. The van der Waals surface area contributed by atoms with Crippen molar-refractivity contribution in [3.05, 3.63) is 59.2 Å². The molecular formula is C30H42N4O7. The molecule has 11 nitrogen and oxygen atoms in total. The Balaban J connectivity index is 1.20. The Labute approximate surface area is 240 Å². The van der Waals surface area contributed by atoms with Gasteiger partial charge in [0.2, 0.25) is 5.91 Å². The second-order valence-corrected chi connectivity index (χ2v) is 10.3. The van der Waals surface area contributed by atoms with Crippen LogP contribution in [0.2, 0.25) is 0 Å². The fourth-order valence-electron chi connectivity index (χ4n) is 4.71. The van der Waals surface area contributed by atoms with Crippen LogP contribution in [0.1, 0.15) is 61.3 Å². The zero-order valence-electron chi connectivity index (χ0n) is 23.5. The molecule has 2 aromatic carbocycles. The summed E-state index contributed by atoms with van der Waals surface area (Å²) in [7, 11) is 0. The minimum atomic E-state index is -0.697. The Hall–Kier alpha value is -3.51. The molecule has 1 saturated heterocycles. The summed E-state index contributed by atoms with van der Waals surface area (Å²) in [4.78, 5) is 38.2. The smallest absolute Gasteiger partial charge is 0.332 e. The van der Waals surface area contributed by atoms with Crippen LogP contribution in [0, 0.1) is 0 Å². The number of nitrogens with two attached hydrogens (primary N) is 1. The Kier molecular flexibility index (Phi) is 13.0. The molecule has 0 spiro atoms. The maximum atomic E-state index is 12.5. The lowest BCUT2D eigenvalue weighted by atomic mass is 10.1. The first kappa shape index (κ1) is 32.0. The highest BCUT2D eigenvalue weighted by molar-refractivity contribution is 6.20. The van der Waals surface area contributed by atoms with Crippen LogP contribution >= 0.6 is 0 Å². The number of carbonyl (C=O) groups excluding carboxylic acids is 3. The van der Waals surface area contributed by atoms with Gasteiger partial charge in [0.05, 0.1) is 18.4 Å². The summed E-state index contributed by atoms with van der Waals surface area (Å²) >= 11 is 0. The van der Waals surface area contributed by atoms with Crippen molar-refractivity contribution in [2.24, 2.45) is 5.73 Å². The number of amides is 4. The molecular weight excluding hydrogens is 528 g/mol. The summed E-state index contributed by atoms with van der Waals surface area (Å²) in [5.74, 6) is -1.01. The average Bonchev–Trinajstić information content (AvgIpc) is 3.22. The molecule has 3 rings (SSSR count). The Morgan fingerprint density at radius 1 is 1.02 bits per heavy atom. The number of nitrogens with one attached hydrogen (secondary N) is 1. The van der Waals surface area contributed by atoms with Gasteiger partial charge >= 0.3 is 6.03 Å². The first-order valence-corrected chi connectivity index (χ1v) is 14.2. The summed E-state index contributed by atoms with van der Waals surface area (Å²) in [5, 5.41) is 32.4. The molecule has 0 radical (unpaired) electrons. The third-order valence-corrected chi connectivity index (χ3v) is 6.95. The summed E-state index contributed by atoms with van der Waals surface area (Å²) in [6, 6.07) is 11.6. The van der Waals surface area contributed by atoms with Crippen LogP contribution in [0.5, 0.6) is 5.75 Å². The number of nitrogens with zero attached hydrogens (tertiary/aromatic N) is 2. The number of aromatic hydroxyl groups is 1. The van der Waals surface area contributed by atoms with E-state index in [0.29, 0.717) is 30.0 Å². The minimum absolute atomic E-state index is 0.0243. The molecule has 0 bridgehead atoms. The van der Waals surface area contributed by atoms with Crippen LogP contribution in [-0.4, -0.2) is 77.5 Å². The van der Waals surface area contributed by atoms with Gasteiger partial charge in [-0.15, -0.1) is 0 Å². The summed E-state index contributed by atoms with van der Waals surface area (Å²) < 4.78 is 5.76. The van der Waals surface area contributed by atoms with Gasteiger partial charge in [0, 0.05) is 25.3 Å². The van der Waals surface area contributed by atoms with Crippen LogP contribution in [0.15, 0.2) is 42.5 Å². The van der Waals surface area contributed by atoms with Gasteiger partial charge in [-0.25, -0.2) is 9.69 Å². The highest BCUT2D eigenvalue weighted by atomic mass is 16.5. The van der Waals surface area contributed by atoms with Crippen molar-refractivity contribution in [1.29, 1.82) is 0 Å². The van der Waals surface area contributed by atoms with Gasteiger partial charge in [0.25, 0.3) is 5.91 Å². The molecule has 1 heterocycles. The molecule has 224 valence electrons. The van der Waals surface area contributed by atoms with E-state index in [4.69, 9.17) is 10.5 Å². The van der Waals surface area contributed by atoms with Gasteiger partial charge in [0.15, 0.2) is 0 Å². The van der Waals surface area contributed by atoms with Gasteiger partial charge in [-0.05, 0) is 74.0 Å². The molecule has 6 N–H and O–H groups in total. The van der Waals surface area contributed by atoms with E-state index in [9.17, 15) is 29.7 Å². The first-order valence-electron chi connectivity index (χ1n) is 14.2. The minimum Gasteiger partial charge on any atom is -0.508 e. The number of phenols is 1. The van der Waals surface area contributed by atoms with Crippen LogP contribution in [0.3, 0.4) is 0 Å². The lowest BCUT2D eigenvalue weighted by molar-refractivity contribution is -0.119. The largest absolute Gasteiger partial charge is 0.508 e. The molecule has 0 aliphatic carbocycles. The van der Waals surface area contributed by atoms with Crippen LogP contribution in [0.25, 0.3) is 0 Å². The van der Waals surface area contributed by atoms with E-state index in [1.807, 2.05) is 18.2 Å². The maximum Gasteiger partial charge on any atom is 0.332 e. The Morgan fingerprint density at radius 2 is 1.78 bits per heavy atom. The number of hydrogen-bond donors (Lipinski definition) is 5. The van der Waals surface area contributed by atoms with Gasteiger partial charge in [-0.3, -0.25) is 9.59 Å². The fraction of sp³-hybridized carbons (Fsp3) is 0.500. The first-order chi connectivity index (χ1) is 19.8. The van der Waals surface area contributed by atoms with Gasteiger partial charge in [-0.2, -0.15) is 0 Å². The predicted octanol–water partition coefficient (Wildman–Crippen LogP) is 2.36. The number of aliphatic hydroxyl groups excluding tert-OH is 2. The number of rotatable bonds is 19. The highest BCUT2D eigenvalue weighted by Crippen LogP contribution is 2.24. The van der Waals surface area contributed by atoms with Crippen molar-refractivity contribution in [3.63, 3.8) is 0 Å². The quantitative estimate of drug-likeness (QED) is 0.127. The van der Waals surface area contributed by atoms with Crippen LogP contribution < -0.4 is 16.0 Å². The van der Waals surface area contributed by atoms with E-state index in [1.54, 1.807) is 18.2 Å². The number of primary amides is 1. The van der Waals surface area contributed by atoms with E-state index in [-0.39, 0.29) is 31.4 Å². The zero-order valence-corrected chi connectivity index (χ0v) is 23.5. The van der Waals surface area contributed by atoms with E-state index in [0.717, 1.165) is 73.5 Å². The van der Waals surface area contributed by atoms with Crippen LogP contribution in [0.4, 0.5) is 10.5 Å². The summed E-state index contributed by atoms with van der Waals surface area (Å²) in [6.07, 6.45) is 6.06. The van der Waals surface area contributed by atoms with Crippen molar-refractivity contribution >= 4 is 23.5 Å². The molecule has 0 aromatic heterocycles. The van der Waals surface area contributed by atoms with Crippen LogP contribution in [-0.2, 0) is 27.4 Å². The number of urea groups is 1. The summed E-state index contributed by atoms with van der Waals surface area (Å²) in [5.41, 5.74) is 7.76. The molecule has 0 saturated carbocycles. The number of unbranched alkanes of at least 4 members (excludes halogenated alkanes) is 4. The number of anilines is 1. The maximum absolute atomic E-state index is 12.5. The second-order valence-electron chi connectivity index (χ2n) is 10.3. The number of aryl methyl sites for hydroxylation is 1. The number of benzene rings is 2. The van der Waals surface area contributed by atoms with Crippen molar-refractivity contribution in [2.45, 2.75) is 57.7 Å². The number of aliphatic hydroxyl groups is 2. The number of ether oxygens (including phenoxy) is 1. The van der Waals surface area contributed by atoms with Crippen molar-refractivity contribution in [3.8, 4) is 5.75 Å². The SMILES string of the molecule is NC(=O)CN1CC(=O)N(c2cccc(CCCCOCCCCCCNC[C@@H](O)c3ccc(O)c(CO)c3)c2)C1=O. The van der Waals surface area contributed by atoms with Crippen molar-refractivity contribution in [1.82, 2.24) is 10.2 Å². The molecule has 4 amide bonds. The average molecular weight is 571 g/mol. The molecule has 2 aromatic rings. The van der Waals surface area contributed by atoms with Gasteiger partial charge < -0.3 is 36.0 Å². The molecule has 1 atom stereocenters. The number of carbonyl (C=O) groups is 3. The molecule has 11 heteroatoms. The third kappa shape index (κ3) is 10.1. The van der Waals surface area contributed by atoms with Crippen molar-refractivity contribution < 1.29 is 34.4 Å². The molecule has 41 heavy (non-hydrogen) atoms.